The van der Waals surface area contributed by atoms with Gasteiger partial charge in [0.25, 0.3) is 0 Å². The average molecular weight is 725 g/mol. The summed E-state index contributed by atoms with van der Waals surface area (Å²) in [6.45, 7) is -1.28. The molecule has 0 aliphatic heterocycles. The Kier molecular flexibility index (Phi) is 11.5. The van der Waals surface area contributed by atoms with Crippen molar-refractivity contribution in [1.82, 2.24) is 4.31 Å². The minimum Gasteiger partial charge on any atom is -0.488 e. The van der Waals surface area contributed by atoms with Gasteiger partial charge in [-0.3, -0.25) is 4.79 Å². The number of esters is 1. The van der Waals surface area contributed by atoms with E-state index in [0.29, 0.717) is 5.56 Å². The minimum atomic E-state index is -5.44. The minimum absolute atomic E-state index is 0.0127. The monoisotopic (exact) mass is 724 g/mol. The quantitative estimate of drug-likeness (QED) is 0.0554. The van der Waals surface area contributed by atoms with E-state index in [9.17, 15) is 40.0 Å². The van der Waals surface area contributed by atoms with Crippen molar-refractivity contribution < 1.29 is 49.4 Å². The maximum atomic E-state index is 14.5. The topological polar surface area (TPSA) is 93.2 Å². The fourth-order valence-electron chi connectivity index (χ4n) is 4.92. The van der Waals surface area contributed by atoms with Crippen LogP contribution in [0.15, 0.2) is 114 Å². The summed E-state index contributed by atoms with van der Waals surface area (Å²) in [5.74, 6) is -14.3. The van der Waals surface area contributed by atoms with E-state index in [-0.39, 0.29) is 41.1 Å². The molecule has 0 aliphatic carbocycles. The number of carbonyl (C=O) groups excluding carboxylic acids is 2. The number of ether oxygens (including phenoxy) is 2. The predicted molar refractivity (Wildman–Crippen MR) is 176 cm³/mol. The third kappa shape index (κ3) is 8.41. The molecule has 0 aliphatic rings. The van der Waals surface area contributed by atoms with Crippen LogP contribution in [0, 0.1) is 29.1 Å². The summed E-state index contributed by atoms with van der Waals surface area (Å²) in [6, 6.07) is 30.5. The van der Waals surface area contributed by atoms with Gasteiger partial charge in [-0.2, -0.15) is 4.31 Å². The number of anilines is 1. The number of carbonyl (C=O) groups is 2. The van der Waals surface area contributed by atoms with Crippen LogP contribution >= 0.6 is 0 Å². The van der Waals surface area contributed by atoms with Crippen LogP contribution in [0.2, 0.25) is 0 Å². The van der Waals surface area contributed by atoms with Gasteiger partial charge < -0.3 is 14.4 Å². The van der Waals surface area contributed by atoms with Gasteiger partial charge in [0, 0.05) is 18.8 Å². The Balaban J connectivity index is 1.49. The Hall–Kier alpha value is -5.60. The van der Waals surface area contributed by atoms with Gasteiger partial charge in [0.05, 0.1) is 13.1 Å². The van der Waals surface area contributed by atoms with Gasteiger partial charge in [-0.25, -0.2) is 35.2 Å². The average Bonchev–Trinajstić information content (AvgIpc) is 3.14. The molecule has 5 rings (SSSR count). The number of nitrogens with zero attached hydrogens (tertiary/aromatic N) is 2. The molecule has 8 nitrogen and oxygen atoms in total. The maximum absolute atomic E-state index is 14.5. The summed E-state index contributed by atoms with van der Waals surface area (Å²) in [7, 11) is -4.68. The highest BCUT2D eigenvalue weighted by molar-refractivity contribution is 7.89. The largest absolute Gasteiger partial charge is 0.488 e. The lowest BCUT2D eigenvalue weighted by atomic mass is 10.1. The molecule has 5 aromatic carbocycles. The number of rotatable bonds is 13. The SMILES string of the molecule is CN(CC(=O)N(Cc1ccccc1)c1ccc(C(=O)OCc2ccccc2)c(OCc2ccccc2)c1)S(=O)(=O)c1c(F)c(F)c(F)c(F)c1F. The van der Waals surface area contributed by atoms with Gasteiger partial charge in [0.15, 0.2) is 28.2 Å². The molecule has 0 radical (unpaired) electrons. The van der Waals surface area contributed by atoms with Crippen LogP contribution in [-0.4, -0.2) is 38.2 Å². The smallest absolute Gasteiger partial charge is 0.342 e. The Morgan fingerprint density at radius 2 is 1.14 bits per heavy atom. The van der Waals surface area contributed by atoms with Crippen LogP contribution in [0.1, 0.15) is 27.0 Å². The summed E-state index contributed by atoms with van der Waals surface area (Å²) in [4.78, 5) is 26.2. The Bertz CT molecular complexity index is 2110. The van der Waals surface area contributed by atoms with Crippen LogP contribution < -0.4 is 9.64 Å². The van der Waals surface area contributed by atoms with Gasteiger partial charge >= 0.3 is 5.97 Å². The molecule has 14 heteroatoms. The number of halogens is 5. The highest BCUT2D eigenvalue weighted by Crippen LogP contribution is 2.31. The molecule has 0 aromatic heterocycles. The molecule has 0 saturated heterocycles. The molecule has 0 heterocycles. The van der Waals surface area contributed by atoms with E-state index in [0.717, 1.165) is 23.1 Å². The normalized spacial score (nSPS) is 11.4. The van der Waals surface area contributed by atoms with E-state index in [1.165, 1.54) is 18.2 Å². The number of likely N-dealkylation sites (N-methyl/N-ethyl adjacent to an activating group) is 1. The van der Waals surface area contributed by atoms with Crippen LogP contribution in [0.4, 0.5) is 27.6 Å². The summed E-state index contributed by atoms with van der Waals surface area (Å²) in [6.07, 6.45) is 0. The van der Waals surface area contributed by atoms with E-state index >= 15 is 0 Å². The number of benzene rings is 5. The molecule has 1 amide bonds. The standard InChI is InChI=1S/C37H29F5N2O6S/c1-43(51(47,48)36-34(41)32(39)31(38)33(40)35(36)42)21-30(45)44(20-24-11-5-2-6-12-24)27-17-18-28(37(46)50-23-26-15-9-4-10-16-26)29(19-27)49-22-25-13-7-3-8-14-25/h2-19H,20-23H2,1H3. The van der Waals surface area contributed by atoms with Gasteiger partial charge in [-0.05, 0) is 28.8 Å². The predicted octanol–water partition coefficient (Wildman–Crippen LogP) is 7.17. The van der Waals surface area contributed by atoms with Gasteiger partial charge in [0.1, 0.15) is 24.5 Å². The van der Waals surface area contributed by atoms with Gasteiger partial charge in [0.2, 0.25) is 21.7 Å². The van der Waals surface area contributed by atoms with Crippen LogP contribution in [-0.2, 0) is 39.3 Å². The van der Waals surface area contributed by atoms with E-state index in [2.05, 4.69) is 0 Å². The second kappa shape index (κ2) is 16.0. The van der Waals surface area contributed by atoms with Crippen molar-refractivity contribution in [3.8, 4) is 5.75 Å². The van der Waals surface area contributed by atoms with Crippen molar-refractivity contribution in [2.75, 3.05) is 18.5 Å². The van der Waals surface area contributed by atoms with Gasteiger partial charge in [-0.1, -0.05) is 91.0 Å². The summed E-state index contributed by atoms with van der Waals surface area (Å²) >= 11 is 0. The van der Waals surface area contributed by atoms with Gasteiger partial charge in [-0.15, -0.1) is 0 Å². The highest BCUT2D eigenvalue weighted by atomic mass is 32.2. The third-order valence-corrected chi connectivity index (χ3v) is 9.45. The summed E-state index contributed by atoms with van der Waals surface area (Å²) in [5.41, 5.74) is 2.20. The van der Waals surface area contributed by atoms with Crippen molar-refractivity contribution in [2.24, 2.45) is 0 Å². The highest BCUT2D eigenvalue weighted by Gasteiger charge is 2.37. The molecule has 5 aromatic rings. The van der Waals surface area contributed by atoms with Crippen LogP contribution in [0.5, 0.6) is 5.75 Å². The molecule has 0 bridgehead atoms. The molecule has 51 heavy (non-hydrogen) atoms. The Morgan fingerprint density at radius 3 is 1.69 bits per heavy atom. The van der Waals surface area contributed by atoms with Crippen LogP contribution in [0.25, 0.3) is 0 Å². The van der Waals surface area contributed by atoms with Crippen LogP contribution in [0.3, 0.4) is 0 Å². The first kappa shape index (κ1) is 36.7. The maximum Gasteiger partial charge on any atom is 0.342 e. The summed E-state index contributed by atoms with van der Waals surface area (Å²) < 4.78 is 109. The molecule has 264 valence electrons. The first-order valence-electron chi connectivity index (χ1n) is 15.2. The lowest BCUT2D eigenvalue weighted by Crippen LogP contribution is -2.41. The second-order valence-electron chi connectivity index (χ2n) is 11.1. The molecule has 0 atom stereocenters. The molecular formula is C37H29F5N2O6S. The Morgan fingerprint density at radius 1 is 0.647 bits per heavy atom. The van der Waals surface area contributed by atoms with E-state index < -0.39 is 62.4 Å². The first-order chi connectivity index (χ1) is 24.4. The number of hydrogen-bond acceptors (Lipinski definition) is 6. The molecule has 0 spiro atoms. The summed E-state index contributed by atoms with van der Waals surface area (Å²) in [5, 5.41) is 0. The zero-order valence-electron chi connectivity index (χ0n) is 26.9. The molecule has 0 unspecified atom stereocenters. The fraction of sp³-hybridized carbons (Fsp3) is 0.135. The second-order valence-corrected chi connectivity index (χ2v) is 13.1. The Labute approximate surface area is 290 Å². The molecule has 0 fully saturated rings. The van der Waals surface area contributed by atoms with Crippen molar-refractivity contribution in [2.45, 2.75) is 24.7 Å². The van der Waals surface area contributed by atoms with E-state index in [1.807, 2.05) is 12.1 Å². The number of hydrogen-bond donors (Lipinski definition) is 0. The van der Waals surface area contributed by atoms with E-state index in [1.54, 1.807) is 78.9 Å². The van der Waals surface area contributed by atoms with Crippen molar-refractivity contribution in [3.05, 3.63) is 161 Å². The fourth-order valence-corrected chi connectivity index (χ4v) is 6.14. The van der Waals surface area contributed by atoms with Crippen molar-refractivity contribution in [3.63, 3.8) is 0 Å². The number of amides is 1. The number of sulfonamides is 1. The molecule has 0 saturated carbocycles. The first-order valence-corrected chi connectivity index (χ1v) is 16.7. The molecular weight excluding hydrogens is 695 g/mol. The third-order valence-electron chi connectivity index (χ3n) is 7.63. The van der Waals surface area contributed by atoms with Crippen molar-refractivity contribution in [1.29, 1.82) is 0 Å². The zero-order valence-corrected chi connectivity index (χ0v) is 27.7. The zero-order chi connectivity index (χ0) is 36.7. The lowest BCUT2D eigenvalue weighted by Gasteiger charge is -2.27. The van der Waals surface area contributed by atoms with E-state index in [4.69, 9.17) is 9.47 Å². The van der Waals surface area contributed by atoms with Crippen molar-refractivity contribution >= 4 is 27.6 Å². The lowest BCUT2D eigenvalue weighted by molar-refractivity contribution is -0.118. The molecule has 0 N–H and O–H groups in total.